The topological polar surface area (TPSA) is 87.9 Å². The van der Waals surface area contributed by atoms with Crippen LogP contribution in [0.1, 0.15) is 31.7 Å². The lowest BCUT2D eigenvalue weighted by Crippen LogP contribution is -2.51. The van der Waals surface area contributed by atoms with Crippen LogP contribution in [0.5, 0.6) is 0 Å². The molecule has 3 N–H and O–H groups in total. The molecular weight excluding hydrogens is 328 g/mol. The predicted octanol–water partition coefficient (Wildman–Crippen LogP) is 1.55. The molecule has 2 heterocycles. The molecule has 0 bridgehead atoms. The van der Waals surface area contributed by atoms with Crippen LogP contribution in [0.15, 0.2) is 16.8 Å². The predicted molar refractivity (Wildman–Crippen MR) is 93.3 cm³/mol. The number of hydroxylamine groups is 1. The number of likely N-dealkylation sites (tertiary alicyclic amines) is 1. The number of hydrogen-bond acceptors (Lipinski definition) is 5. The van der Waals surface area contributed by atoms with Gasteiger partial charge in [0.2, 0.25) is 5.91 Å². The normalized spacial score (nSPS) is 17.4. The third-order valence-corrected chi connectivity index (χ3v) is 5.18. The van der Waals surface area contributed by atoms with E-state index >= 15 is 0 Å². The smallest absolute Gasteiger partial charge is 0.341 e. The van der Waals surface area contributed by atoms with Crippen LogP contribution in [-0.2, 0) is 16.2 Å². The second-order valence-electron chi connectivity index (χ2n) is 6.16. The zero-order chi connectivity index (χ0) is 17.5. The number of hydrogen-bond donors (Lipinski definition) is 2. The maximum absolute atomic E-state index is 12.3. The Bertz CT molecular complexity index is 529. The summed E-state index contributed by atoms with van der Waals surface area (Å²) in [6, 6.07) is 2.10. The molecule has 0 spiro atoms. The minimum Gasteiger partial charge on any atom is -0.370 e. The van der Waals surface area contributed by atoms with Gasteiger partial charge in [-0.2, -0.15) is 11.3 Å². The van der Waals surface area contributed by atoms with Gasteiger partial charge in [-0.1, -0.05) is 0 Å². The minimum atomic E-state index is -0.275. The molecule has 3 amide bonds. The van der Waals surface area contributed by atoms with Gasteiger partial charge in [-0.3, -0.25) is 14.5 Å². The van der Waals surface area contributed by atoms with Crippen molar-refractivity contribution in [2.45, 2.75) is 44.8 Å². The van der Waals surface area contributed by atoms with E-state index < -0.39 is 0 Å². The number of rotatable bonds is 7. The quantitative estimate of drug-likeness (QED) is 0.727. The lowest BCUT2D eigenvalue weighted by Gasteiger charge is -2.40. The van der Waals surface area contributed by atoms with Crippen LogP contribution in [0, 0.1) is 0 Å². The van der Waals surface area contributed by atoms with Crippen molar-refractivity contribution >= 4 is 23.3 Å². The molecule has 1 aliphatic rings. The van der Waals surface area contributed by atoms with E-state index in [-0.39, 0.29) is 24.0 Å². The van der Waals surface area contributed by atoms with E-state index in [4.69, 9.17) is 10.6 Å². The summed E-state index contributed by atoms with van der Waals surface area (Å²) in [6.45, 7) is 4.28. The number of nitrogens with one attached hydrogen (secondary N) is 1. The fraction of sp³-hybridized carbons (Fsp3) is 0.625. The number of urea groups is 1. The summed E-state index contributed by atoms with van der Waals surface area (Å²) < 4.78 is 0. The largest absolute Gasteiger partial charge is 0.370 e. The fourth-order valence-corrected chi connectivity index (χ4v) is 3.81. The Balaban J connectivity index is 1.96. The van der Waals surface area contributed by atoms with Crippen LogP contribution in [0.25, 0.3) is 0 Å². The maximum atomic E-state index is 12.3. The molecule has 1 fully saturated rings. The SMILES string of the molecule is CONC(=O)N(Cc1ccsc1)C1CCN([C@H](C)CC(N)=O)CC1. The molecule has 1 saturated heterocycles. The highest BCUT2D eigenvalue weighted by Crippen LogP contribution is 2.22. The lowest BCUT2D eigenvalue weighted by atomic mass is 10.0. The molecule has 1 aliphatic heterocycles. The first-order valence-corrected chi connectivity index (χ1v) is 9.08. The van der Waals surface area contributed by atoms with Crippen molar-refractivity contribution in [1.82, 2.24) is 15.3 Å². The molecule has 1 aromatic heterocycles. The third kappa shape index (κ3) is 5.19. The number of nitrogens with zero attached hydrogens (tertiary/aromatic N) is 2. The van der Waals surface area contributed by atoms with Gasteiger partial charge in [-0.05, 0) is 42.2 Å². The van der Waals surface area contributed by atoms with Gasteiger partial charge in [0.05, 0.1) is 7.11 Å². The molecule has 0 aliphatic carbocycles. The average Bonchev–Trinajstić information content (AvgIpc) is 3.05. The molecule has 7 nitrogen and oxygen atoms in total. The van der Waals surface area contributed by atoms with Crippen molar-refractivity contribution in [3.8, 4) is 0 Å². The van der Waals surface area contributed by atoms with E-state index in [1.807, 2.05) is 23.3 Å². The highest BCUT2D eigenvalue weighted by molar-refractivity contribution is 7.07. The number of carbonyl (C=O) groups excluding carboxylic acids is 2. The minimum absolute atomic E-state index is 0.140. The van der Waals surface area contributed by atoms with E-state index in [0.717, 1.165) is 31.5 Å². The summed E-state index contributed by atoms with van der Waals surface area (Å²) in [5, 5.41) is 4.06. The Morgan fingerprint density at radius 1 is 1.50 bits per heavy atom. The van der Waals surface area contributed by atoms with Crippen molar-refractivity contribution < 1.29 is 14.4 Å². The van der Waals surface area contributed by atoms with Gasteiger partial charge < -0.3 is 10.6 Å². The summed E-state index contributed by atoms with van der Waals surface area (Å²) in [6.07, 6.45) is 2.10. The van der Waals surface area contributed by atoms with Crippen molar-refractivity contribution in [3.63, 3.8) is 0 Å². The number of piperidine rings is 1. The molecule has 1 atom stereocenters. The maximum Gasteiger partial charge on any atom is 0.341 e. The van der Waals surface area contributed by atoms with Gasteiger partial charge >= 0.3 is 6.03 Å². The van der Waals surface area contributed by atoms with Gasteiger partial charge in [0.25, 0.3) is 0 Å². The molecule has 134 valence electrons. The van der Waals surface area contributed by atoms with Crippen LogP contribution in [0.3, 0.4) is 0 Å². The van der Waals surface area contributed by atoms with Gasteiger partial charge in [0, 0.05) is 38.1 Å². The van der Waals surface area contributed by atoms with Gasteiger partial charge in [-0.25, -0.2) is 10.3 Å². The monoisotopic (exact) mass is 354 g/mol. The van der Waals surface area contributed by atoms with Crippen LogP contribution >= 0.6 is 11.3 Å². The Morgan fingerprint density at radius 3 is 2.75 bits per heavy atom. The first-order chi connectivity index (χ1) is 11.5. The summed E-state index contributed by atoms with van der Waals surface area (Å²) in [5.41, 5.74) is 8.84. The summed E-state index contributed by atoms with van der Waals surface area (Å²) in [4.78, 5) is 32.3. The Hall–Kier alpha value is -1.64. The molecule has 0 aromatic carbocycles. The van der Waals surface area contributed by atoms with E-state index in [0.29, 0.717) is 13.0 Å². The van der Waals surface area contributed by atoms with Crippen molar-refractivity contribution in [2.24, 2.45) is 5.73 Å². The third-order valence-electron chi connectivity index (χ3n) is 4.44. The van der Waals surface area contributed by atoms with Crippen molar-refractivity contribution in [2.75, 3.05) is 20.2 Å². The standard InChI is InChI=1S/C16H26N4O3S/c1-12(9-15(17)21)19-6-3-14(4-7-19)20(16(22)18-23-2)10-13-5-8-24-11-13/h5,8,11-12,14H,3-4,6-7,9-10H2,1-2H3,(H2,17,21)(H,18,22)/t12-/m1/s1. The average molecular weight is 354 g/mol. The Morgan fingerprint density at radius 2 is 2.21 bits per heavy atom. The second kappa shape index (κ2) is 9.00. The molecule has 2 rings (SSSR count). The number of thiophene rings is 1. The summed E-state index contributed by atoms with van der Waals surface area (Å²) >= 11 is 1.62. The van der Waals surface area contributed by atoms with Gasteiger partial charge in [-0.15, -0.1) is 0 Å². The molecule has 24 heavy (non-hydrogen) atoms. The summed E-state index contributed by atoms with van der Waals surface area (Å²) in [5.74, 6) is -0.275. The Kier molecular flexibility index (Phi) is 7.01. The van der Waals surface area contributed by atoms with E-state index in [1.165, 1.54) is 7.11 Å². The highest BCUT2D eigenvalue weighted by atomic mass is 32.1. The first-order valence-electron chi connectivity index (χ1n) is 8.14. The number of carbonyl (C=O) groups is 2. The van der Waals surface area contributed by atoms with Crippen molar-refractivity contribution in [3.05, 3.63) is 22.4 Å². The lowest BCUT2D eigenvalue weighted by molar-refractivity contribution is -0.119. The van der Waals surface area contributed by atoms with Crippen LogP contribution in [-0.4, -0.2) is 54.0 Å². The van der Waals surface area contributed by atoms with E-state index in [9.17, 15) is 9.59 Å². The van der Waals surface area contributed by atoms with Gasteiger partial charge in [0.15, 0.2) is 0 Å². The van der Waals surface area contributed by atoms with E-state index in [2.05, 4.69) is 15.8 Å². The van der Waals surface area contributed by atoms with Gasteiger partial charge in [0.1, 0.15) is 0 Å². The molecule has 1 aromatic rings. The molecule has 8 heteroatoms. The zero-order valence-corrected chi connectivity index (χ0v) is 15.1. The van der Waals surface area contributed by atoms with Crippen LogP contribution in [0.2, 0.25) is 0 Å². The number of primary amides is 1. The van der Waals surface area contributed by atoms with Crippen molar-refractivity contribution in [1.29, 1.82) is 0 Å². The highest BCUT2D eigenvalue weighted by Gasteiger charge is 2.30. The molecule has 0 radical (unpaired) electrons. The summed E-state index contributed by atoms with van der Waals surface area (Å²) in [7, 11) is 1.44. The zero-order valence-electron chi connectivity index (χ0n) is 14.2. The number of amides is 3. The van der Waals surface area contributed by atoms with Crippen LogP contribution < -0.4 is 11.2 Å². The first kappa shape index (κ1) is 18.7. The fourth-order valence-electron chi connectivity index (χ4n) is 3.15. The van der Waals surface area contributed by atoms with E-state index in [1.54, 1.807) is 11.3 Å². The molecular formula is C16H26N4O3S. The molecule has 0 saturated carbocycles. The second-order valence-corrected chi connectivity index (χ2v) is 6.94. The van der Waals surface area contributed by atoms with Crippen LogP contribution in [0.4, 0.5) is 4.79 Å². The Labute approximate surface area is 146 Å². The number of nitrogens with two attached hydrogens (primary N) is 1. The molecule has 0 unspecified atom stereocenters.